The molecule has 0 spiro atoms. The summed E-state index contributed by atoms with van der Waals surface area (Å²) in [6.45, 7) is 1.64. The molecule has 0 radical (unpaired) electrons. The highest BCUT2D eigenvalue weighted by molar-refractivity contribution is 7.93. The second kappa shape index (κ2) is 12.0. The third kappa shape index (κ3) is 5.21. The van der Waals surface area contributed by atoms with Gasteiger partial charge in [-0.05, 0) is 78.4 Å². The van der Waals surface area contributed by atoms with E-state index in [0.29, 0.717) is 10.6 Å². The summed E-state index contributed by atoms with van der Waals surface area (Å²) >= 11 is 0. The molecular weight excluding hydrogens is 541 g/mol. The van der Waals surface area contributed by atoms with E-state index in [4.69, 9.17) is 0 Å². The molecule has 0 bridgehead atoms. The topological polar surface area (TPSA) is 50.8 Å². The third-order valence-electron chi connectivity index (χ3n) is 8.21. The summed E-state index contributed by atoms with van der Waals surface area (Å²) in [5, 5.41) is 24.5. The van der Waals surface area contributed by atoms with Crippen LogP contribution >= 0.6 is 6.89 Å². The highest BCUT2D eigenvalue weighted by atomic mass is 31.2. The predicted molar refractivity (Wildman–Crippen MR) is 182 cm³/mol. The monoisotopic (exact) mass is 573 g/mol. The van der Waals surface area contributed by atoms with Gasteiger partial charge in [-0.1, -0.05) is 114 Å². The van der Waals surface area contributed by atoms with Gasteiger partial charge in [0.25, 0.3) is 0 Å². The van der Waals surface area contributed by atoms with E-state index >= 15 is 0 Å². The zero-order valence-corrected chi connectivity index (χ0v) is 25.2. The van der Waals surface area contributed by atoms with Crippen LogP contribution < -0.4 is 15.5 Å². The van der Waals surface area contributed by atoms with E-state index in [0.717, 1.165) is 39.5 Å². The molecule has 43 heavy (non-hydrogen) atoms. The second-order valence-electron chi connectivity index (χ2n) is 10.9. The largest absolute Gasteiger partial charge is 0.334 e. The highest BCUT2D eigenvalue weighted by Gasteiger charge is 2.34. The first kappa shape index (κ1) is 28.1. The van der Waals surface area contributed by atoms with Crippen molar-refractivity contribution in [3.05, 3.63) is 162 Å². The van der Waals surface area contributed by atoms with E-state index in [1.165, 1.54) is 11.1 Å². The molecule has 0 amide bonds. The molecule has 1 unspecified atom stereocenters. The van der Waals surface area contributed by atoms with Crippen LogP contribution in [0.3, 0.4) is 0 Å². The van der Waals surface area contributed by atoms with E-state index in [9.17, 15) is 10.5 Å². The second-order valence-corrected chi connectivity index (χ2v) is 14.3. The van der Waals surface area contributed by atoms with Gasteiger partial charge in [0.2, 0.25) is 0 Å². The van der Waals surface area contributed by atoms with Gasteiger partial charge in [0, 0.05) is 18.3 Å². The van der Waals surface area contributed by atoms with Crippen molar-refractivity contribution in [2.45, 2.75) is 26.3 Å². The van der Waals surface area contributed by atoms with Crippen LogP contribution in [0.5, 0.6) is 0 Å². The van der Waals surface area contributed by atoms with Crippen molar-refractivity contribution in [2.24, 2.45) is 0 Å². The van der Waals surface area contributed by atoms with Crippen LogP contribution in [-0.4, -0.2) is 11.3 Å². The maximum atomic E-state index is 10.6. The number of benzene rings is 4. The van der Waals surface area contributed by atoms with Gasteiger partial charge in [-0.15, -0.1) is 0 Å². The zero-order valence-electron chi connectivity index (χ0n) is 24.4. The van der Waals surface area contributed by atoms with Gasteiger partial charge in [-0.3, -0.25) is 0 Å². The summed E-state index contributed by atoms with van der Waals surface area (Å²) in [5.41, 5.74) is 6.60. The summed E-state index contributed by atoms with van der Waals surface area (Å²) in [4.78, 5) is 2.38. The number of aryl methyl sites for hydroxylation is 1. The quantitative estimate of drug-likeness (QED) is 0.217. The molecule has 6 rings (SSSR count). The summed E-state index contributed by atoms with van der Waals surface area (Å²) in [6, 6.07) is 42.5. The Labute approximate surface area is 254 Å². The minimum Gasteiger partial charge on any atom is -0.334 e. The number of allylic oxidation sites excluding steroid dienone is 6. The number of hydrogen-bond acceptors (Lipinski definition) is 3. The van der Waals surface area contributed by atoms with E-state index in [1.54, 1.807) is 0 Å². The lowest BCUT2D eigenvalue weighted by atomic mass is 9.99. The molecular formula is C39H32N3P. The van der Waals surface area contributed by atoms with Crippen molar-refractivity contribution in [3.63, 3.8) is 0 Å². The maximum absolute atomic E-state index is 10.6. The fraction of sp³-hybridized carbons (Fsp3) is 0.103. The molecule has 3 nitrogen and oxygen atoms in total. The molecule has 1 atom stereocenters. The molecule has 4 aromatic rings. The van der Waals surface area contributed by atoms with Gasteiger partial charge >= 0.3 is 0 Å². The van der Waals surface area contributed by atoms with Crippen LogP contribution in [0.15, 0.2) is 150 Å². The van der Waals surface area contributed by atoms with Crippen LogP contribution in [0.25, 0.3) is 5.57 Å². The average Bonchev–Trinajstić information content (AvgIpc) is 3.07. The van der Waals surface area contributed by atoms with Gasteiger partial charge in [-0.25, -0.2) is 0 Å². The standard InChI is InChI=1S/C39H32N3P/c1-29-13-19-33(20-14-29)42(34-21-15-30(2)16-22-34)35-23-17-31(18-24-35)32-25-38(27-40)43(39(26-32)28-41,36-9-5-3-6-10-36)37-11-7-4-8-12-37/h3-21,23-26,34H,22H2,1-2H3. The minimum atomic E-state index is -2.61. The molecule has 1 aliphatic heterocycles. The molecule has 0 aromatic heterocycles. The first-order valence-corrected chi connectivity index (χ1v) is 16.3. The number of hydrogen-bond donors (Lipinski definition) is 0. The molecule has 1 heterocycles. The molecule has 0 saturated heterocycles. The van der Waals surface area contributed by atoms with Gasteiger partial charge < -0.3 is 4.90 Å². The SMILES string of the molecule is CC1=CCC(N(c2ccc(C)cc2)c2ccc(C3=CC(C#N)=P(c4ccccc4)(c4ccccc4)C(C#N)=C3)cc2)C=C1. The fourth-order valence-electron chi connectivity index (χ4n) is 6.01. The molecule has 0 N–H and O–H groups in total. The number of anilines is 2. The minimum absolute atomic E-state index is 0.205. The lowest BCUT2D eigenvalue weighted by Gasteiger charge is -2.33. The Kier molecular flexibility index (Phi) is 7.85. The Morgan fingerprint density at radius 2 is 1.28 bits per heavy atom. The number of nitrogens with zero attached hydrogens (tertiary/aromatic N) is 3. The van der Waals surface area contributed by atoms with Crippen LogP contribution in [0.1, 0.15) is 24.5 Å². The molecule has 1 aliphatic carbocycles. The zero-order chi connectivity index (χ0) is 29.8. The lowest BCUT2D eigenvalue weighted by molar-refractivity contribution is 0.779. The molecule has 4 aromatic carbocycles. The average molecular weight is 574 g/mol. The number of nitriles is 2. The van der Waals surface area contributed by atoms with Gasteiger partial charge in [0.05, 0.1) is 16.6 Å². The van der Waals surface area contributed by atoms with Crippen LogP contribution in [0.2, 0.25) is 0 Å². The Morgan fingerprint density at radius 3 is 1.79 bits per heavy atom. The maximum Gasteiger partial charge on any atom is 0.100 e. The predicted octanol–water partition coefficient (Wildman–Crippen LogP) is 8.58. The van der Waals surface area contributed by atoms with Crippen LogP contribution in [0, 0.1) is 29.6 Å². The summed E-state index contributed by atoms with van der Waals surface area (Å²) in [5.74, 6) is 0. The van der Waals surface area contributed by atoms with E-state index in [1.807, 2.05) is 72.8 Å². The first-order chi connectivity index (χ1) is 21.0. The van der Waals surface area contributed by atoms with E-state index < -0.39 is 6.89 Å². The highest BCUT2D eigenvalue weighted by Crippen LogP contribution is 2.57. The van der Waals surface area contributed by atoms with Gasteiger partial charge in [0.1, 0.15) is 12.1 Å². The fourth-order valence-corrected chi connectivity index (χ4v) is 9.88. The van der Waals surface area contributed by atoms with Crippen molar-refractivity contribution in [2.75, 3.05) is 4.90 Å². The lowest BCUT2D eigenvalue weighted by Crippen LogP contribution is -2.30. The Morgan fingerprint density at radius 1 is 0.698 bits per heavy atom. The Hall–Kier alpha value is -5.08. The van der Waals surface area contributed by atoms with E-state index in [-0.39, 0.29) is 6.04 Å². The molecule has 0 fully saturated rings. The smallest absolute Gasteiger partial charge is 0.100 e. The van der Waals surface area contributed by atoms with Crippen molar-refractivity contribution in [1.82, 2.24) is 0 Å². The van der Waals surface area contributed by atoms with Crippen molar-refractivity contribution < 1.29 is 0 Å². The summed E-state index contributed by atoms with van der Waals surface area (Å²) in [6.07, 6.45) is 11.7. The van der Waals surface area contributed by atoms with Gasteiger partial charge in [-0.2, -0.15) is 10.5 Å². The molecule has 0 saturated carbocycles. The van der Waals surface area contributed by atoms with Crippen molar-refractivity contribution >= 4 is 39.7 Å². The molecule has 2 aliphatic rings. The van der Waals surface area contributed by atoms with Crippen LogP contribution in [-0.2, 0) is 0 Å². The summed E-state index contributed by atoms with van der Waals surface area (Å²) in [7, 11) is 0. The summed E-state index contributed by atoms with van der Waals surface area (Å²) < 4.78 is 0. The normalized spacial score (nSPS) is 17.2. The van der Waals surface area contributed by atoms with Gasteiger partial charge in [0.15, 0.2) is 0 Å². The van der Waals surface area contributed by atoms with E-state index in [2.05, 4.69) is 97.6 Å². The molecule has 208 valence electrons. The Bertz CT molecular complexity index is 1870. The molecule has 4 heteroatoms. The van der Waals surface area contributed by atoms with Crippen molar-refractivity contribution in [1.29, 1.82) is 10.5 Å². The number of rotatable bonds is 6. The Balaban J connectivity index is 1.47. The first-order valence-electron chi connectivity index (χ1n) is 14.5. The van der Waals surface area contributed by atoms with Crippen molar-refractivity contribution in [3.8, 4) is 12.1 Å². The third-order valence-corrected chi connectivity index (χ3v) is 12.3. The van der Waals surface area contributed by atoms with Crippen LogP contribution in [0.4, 0.5) is 11.4 Å².